The second-order valence-electron chi connectivity index (χ2n) is 4.26. The van der Waals surface area contributed by atoms with E-state index in [1.54, 1.807) is 10.6 Å². The van der Waals surface area contributed by atoms with E-state index in [0.717, 1.165) is 11.4 Å². The molecule has 3 heteroatoms. The monoisotopic (exact) mass is 228 g/mol. The number of benzene rings is 1. The molecule has 17 heavy (non-hydrogen) atoms. The van der Waals surface area contributed by atoms with Crippen LogP contribution in [-0.4, -0.2) is 10.6 Å². The summed E-state index contributed by atoms with van der Waals surface area (Å²) in [6, 6.07) is 13.3. The zero-order valence-corrected chi connectivity index (χ0v) is 10.1. The summed E-state index contributed by atoms with van der Waals surface area (Å²) in [5, 5.41) is 3.28. The van der Waals surface area contributed by atoms with Crippen LogP contribution in [0.1, 0.15) is 13.8 Å². The van der Waals surface area contributed by atoms with Gasteiger partial charge in [-0.2, -0.15) is 0 Å². The first-order chi connectivity index (χ1) is 8.16. The van der Waals surface area contributed by atoms with Crippen molar-refractivity contribution in [1.29, 1.82) is 0 Å². The number of rotatable bonds is 3. The third kappa shape index (κ3) is 2.75. The Morgan fingerprint density at radius 2 is 1.76 bits per heavy atom. The van der Waals surface area contributed by atoms with Gasteiger partial charge in [-0.05, 0) is 32.0 Å². The van der Waals surface area contributed by atoms with Crippen molar-refractivity contribution >= 4 is 5.69 Å². The molecular formula is C14H16N2O. The van der Waals surface area contributed by atoms with Crippen LogP contribution in [0.25, 0.3) is 5.69 Å². The van der Waals surface area contributed by atoms with Crippen LogP contribution in [0.4, 0.5) is 5.69 Å². The highest BCUT2D eigenvalue weighted by molar-refractivity contribution is 5.44. The highest BCUT2D eigenvalue weighted by Crippen LogP contribution is 2.10. The summed E-state index contributed by atoms with van der Waals surface area (Å²) in [7, 11) is 0. The van der Waals surface area contributed by atoms with E-state index in [4.69, 9.17) is 0 Å². The molecule has 0 atom stereocenters. The van der Waals surface area contributed by atoms with E-state index in [1.165, 1.54) is 0 Å². The molecule has 0 saturated carbocycles. The molecule has 0 fully saturated rings. The Morgan fingerprint density at radius 1 is 1.06 bits per heavy atom. The van der Waals surface area contributed by atoms with Gasteiger partial charge in [-0.1, -0.05) is 18.2 Å². The van der Waals surface area contributed by atoms with Gasteiger partial charge in [-0.15, -0.1) is 0 Å². The molecule has 0 saturated heterocycles. The molecule has 0 aliphatic rings. The molecule has 3 nitrogen and oxygen atoms in total. The number of nitrogens with one attached hydrogen (secondary N) is 1. The number of para-hydroxylation sites is 1. The maximum atomic E-state index is 11.8. The predicted octanol–water partition coefficient (Wildman–Crippen LogP) is 2.66. The molecule has 1 aromatic carbocycles. The van der Waals surface area contributed by atoms with Crippen LogP contribution >= 0.6 is 0 Å². The molecule has 2 rings (SSSR count). The summed E-state index contributed by atoms with van der Waals surface area (Å²) in [5.74, 6) is 0. The Balaban J connectivity index is 2.43. The van der Waals surface area contributed by atoms with Gasteiger partial charge >= 0.3 is 0 Å². The van der Waals surface area contributed by atoms with Gasteiger partial charge in [0.1, 0.15) is 0 Å². The predicted molar refractivity (Wildman–Crippen MR) is 70.8 cm³/mol. The smallest absolute Gasteiger partial charge is 0.255 e. The molecule has 0 bridgehead atoms. The molecular weight excluding hydrogens is 212 g/mol. The lowest BCUT2D eigenvalue weighted by Gasteiger charge is -2.12. The molecule has 0 spiro atoms. The SMILES string of the molecule is CC(C)Nc1ccc(=O)n(-c2ccccc2)c1. The second kappa shape index (κ2) is 4.87. The van der Waals surface area contributed by atoms with Crippen LogP contribution in [0.2, 0.25) is 0 Å². The lowest BCUT2D eigenvalue weighted by molar-refractivity contribution is 0.889. The molecule has 0 radical (unpaired) electrons. The van der Waals surface area contributed by atoms with Crippen LogP contribution < -0.4 is 10.9 Å². The fourth-order valence-electron chi connectivity index (χ4n) is 1.70. The Labute approximate surface area is 101 Å². The first-order valence-electron chi connectivity index (χ1n) is 5.71. The minimum Gasteiger partial charge on any atom is -0.382 e. The maximum absolute atomic E-state index is 11.8. The molecule has 2 aromatic rings. The standard InChI is InChI=1S/C14H16N2O/c1-11(2)15-12-8-9-14(17)16(10-12)13-6-4-3-5-7-13/h3-11,15H,1-2H3. The van der Waals surface area contributed by atoms with E-state index in [9.17, 15) is 4.79 Å². The molecule has 0 aliphatic heterocycles. The quantitative estimate of drug-likeness (QED) is 0.876. The van der Waals surface area contributed by atoms with Gasteiger partial charge in [0, 0.05) is 24.0 Å². The van der Waals surface area contributed by atoms with Crippen LogP contribution in [0, 0.1) is 0 Å². The molecule has 0 aliphatic carbocycles. The van der Waals surface area contributed by atoms with E-state index in [0.29, 0.717) is 6.04 Å². The maximum Gasteiger partial charge on any atom is 0.255 e. The Bertz CT molecular complexity index is 544. The van der Waals surface area contributed by atoms with Crippen LogP contribution in [0.3, 0.4) is 0 Å². The largest absolute Gasteiger partial charge is 0.382 e. The third-order valence-electron chi connectivity index (χ3n) is 2.40. The summed E-state index contributed by atoms with van der Waals surface area (Å²) in [5.41, 5.74) is 1.80. The molecule has 1 N–H and O–H groups in total. The van der Waals surface area contributed by atoms with Crippen molar-refractivity contribution in [2.75, 3.05) is 5.32 Å². The van der Waals surface area contributed by atoms with E-state index in [-0.39, 0.29) is 5.56 Å². The van der Waals surface area contributed by atoms with Gasteiger partial charge in [-0.25, -0.2) is 0 Å². The van der Waals surface area contributed by atoms with Crippen LogP contribution in [-0.2, 0) is 0 Å². The molecule has 88 valence electrons. The van der Waals surface area contributed by atoms with Crippen molar-refractivity contribution in [2.24, 2.45) is 0 Å². The molecule has 1 heterocycles. The summed E-state index contributed by atoms with van der Waals surface area (Å²) < 4.78 is 1.64. The molecule has 0 unspecified atom stereocenters. The Morgan fingerprint density at radius 3 is 2.41 bits per heavy atom. The number of aromatic nitrogens is 1. The van der Waals surface area contributed by atoms with Crippen molar-refractivity contribution < 1.29 is 0 Å². The summed E-state index contributed by atoms with van der Waals surface area (Å²) in [6.45, 7) is 4.13. The highest BCUT2D eigenvalue weighted by atomic mass is 16.1. The third-order valence-corrected chi connectivity index (χ3v) is 2.40. The number of pyridine rings is 1. The highest BCUT2D eigenvalue weighted by Gasteiger charge is 2.01. The Kier molecular flexibility index (Phi) is 3.28. The Hall–Kier alpha value is -2.03. The number of nitrogens with zero attached hydrogens (tertiary/aromatic N) is 1. The zero-order valence-electron chi connectivity index (χ0n) is 10.1. The molecule has 0 amide bonds. The fraction of sp³-hybridized carbons (Fsp3) is 0.214. The van der Waals surface area contributed by atoms with Gasteiger partial charge in [0.15, 0.2) is 0 Å². The van der Waals surface area contributed by atoms with Crippen molar-refractivity contribution in [2.45, 2.75) is 19.9 Å². The lowest BCUT2D eigenvalue weighted by atomic mass is 10.3. The first kappa shape index (κ1) is 11.5. The van der Waals surface area contributed by atoms with E-state index < -0.39 is 0 Å². The average Bonchev–Trinajstić information content (AvgIpc) is 2.32. The summed E-state index contributed by atoms with van der Waals surface area (Å²) in [4.78, 5) is 11.8. The van der Waals surface area contributed by atoms with Gasteiger partial charge in [-0.3, -0.25) is 9.36 Å². The lowest BCUT2D eigenvalue weighted by Crippen LogP contribution is -2.18. The van der Waals surface area contributed by atoms with Gasteiger partial charge in [0.05, 0.1) is 5.69 Å². The molecule has 1 aromatic heterocycles. The fourth-order valence-corrected chi connectivity index (χ4v) is 1.70. The normalized spacial score (nSPS) is 10.5. The van der Waals surface area contributed by atoms with Crippen molar-refractivity contribution in [3.05, 3.63) is 59.0 Å². The van der Waals surface area contributed by atoms with E-state index in [2.05, 4.69) is 19.2 Å². The van der Waals surface area contributed by atoms with Crippen molar-refractivity contribution in [3.8, 4) is 5.69 Å². The van der Waals surface area contributed by atoms with Gasteiger partial charge in [0.2, 0.25) is 0 Å². The van der Waals surface area contributed by atoms with E-state index in [1.807, 2.05) is 42.6 Å². The summed E-state index contributed by atoms with van der Waals surface area (Å²) >= 11 is 0. The van der Waals surface area contributed by atoms with Crippen LogP contribution in [0.5, 0.6) is 0 Å². The topological polar surface area (TPSA) is 34.0 Å². The van der Waals surface area contributed by atoms with Gasteiger partial charge in [0.25, 0.3) is 5.56 Å². The van der Waals surface area contributed by atoms with Gasteiger partial charge < -0.3 is 5.32 Å². The number of anilines is 1. The number of hydrogen-bond acceptors (Lipinski definition) is 2. The average molecular weight is 228 g/mol. The van der Waals surface area contributed by atoms with Crippen molar-refractivity contribution in [1.82, 2.24) is 4.57 Å². The zero-order chi connectivity index (χ0) is 12.3. The van der Waals surface area contributed by atoms with Crippen LogP contribution in [0.15, 0.2) is 53.5 Å². The first-order valence-corrected chi connectivity index (χ1v) is 5.71. The second-order valence-corrected chi connectivity index (χ2v) is 4.26. The van der Waals surface area contributed by atoms with E-state index >= 15 is 0 Å². The minimum atomic E-state index is -0.0227. The summed E-state index contributed by atoms with van der Waals surface area (Å²) in [6.07, 6.45) is 1.83. The van der Waals surface area contributed by atoms with Crippen molar-refractivity contribution in [3.63, 3.8) is 0 Å². The minimum absolute atomic E-state index is 0.0227. The number of hydrogen-bond donors (Lipinski definition) is 1.